The summed E-state index contributed by atoms with van der Waals surface area (Å²) in [4.78, 5) is 0. The van der Waals surface area contributed by atoms with Crippen molar-refractivity contribution >= 4 is 0 Å². The number of hydrogen-bond acceptors (Lipinski definition) is 1. The summed E-state index contributed by atoms with van der Waals surface area (Å²) in [5.41, 5.74) is 1.39. The fourth-order valence-electron chi connectivity index (χ4n) is 1.45. The van der Waals surface area contributed by atoms with Gasteiger partial charge in [-0.25, -0.2) is 0 Å². The Kier molecular flexibility index (Phi) is 2.34. The lowest BCUT2D eigenvalue weighted by molar-refractivity contribution is 0.385. The average Bonchev–Trinajstić information content (AvgIpc) is 2.15. The van der Waals surface area contributed by atoms with Crippen LogP contribution in [0.3, 0.4) is 0 Å². The van der Waals surface area contributed by atoms with Gasteiger partial charge in [0.25, 0.3) is 0 Å². The summed E-state index contributed by atoms with van der Waals surface area (Å²) in [5.74, 6) is 0. The molecule has 0 radical (unpaired) electrons. The second kappa shape index (κ2) is 3.09. The molecule has 0 saturated carbocycles. The van der Waals surface area contributed by atoms with Crippen molar-refractivity contribution in [1.29, 1.82) is 5.26 Å². The molecule has 60 valence electrons. The van der Waals surface area contributed by atoms with Crippen molar-refractivity contribution in [2.24, 2.45) is 5.41 Å². The normalized spacial score (nSPS) is 31.9. The van der Waals surface area contributed by atoms with Gasteiger partial charge in [0, 0.05) is 0 Å². The van der Waals surface area contributed by atoms with Crippen LogP contribution in [0.2, 0.25) is 0 Å². The smallest absolute Gasteiger partial charge is 0.0687 e. The average molecular weight is 149 g/mol. The third-order valence-electron chi connectivity index (χ3n) is 2.53. The summed E-state index contributed by atoms with van der Waals surface area (Å²) >= 11 is 0. The first-order chi connectivity index (χ1) is 5.16. The summed E-state index contributed by atoms with van der Waals surface area (Å²) < 4.78 is 0. The predicted molar refractivity (Wildman–Crippen MR) is 45.9 cm³/mol. The van der Waals surface area contributed by atoms with Crippen LogP contribution in [0, 0.1) is 16.7 Å². The second-order valence-corrected chi connectivity index (χ2v) is 3.76. The first-order valence-corrected chi connectivity index (χ1v) is 4.23. The van der Waals surface area contributed by atoms with Gasteiger partial charge in [0.2, 0.25) is 0 Å². The largest absolute Gasteiger partial charge is 0.198 e. The van der Waals surface area contributed by atoms with Gasteiger partial charge in [0.05, 0.1) is 11.5 Å². The number of hydrogen-bond donors (Lipinski definition) is 0. The molecule has 1 nitrogen and oxygen atoms in total. The maximum absolute atomic E-state index is 8.89. The Morgan fingerprint density at radius 2 is 2.27 bits per heavy atom. The molecule has 0 aromatic carbocycles. The van der Waals surface area contributed by atoms with Crippen LogP contribution < -0.4 is 0 Å². The summed E-state index contributed by atoms with van der Waals surface area (Å²) in [6, 6.07) is 2.41. The topological polar surface area (TPSA) is 23.8 Å². The highest BCUT2D eigenvalue weighted by Gasteiger charge is 2.24. The van der Waals surface area contributed by atoms with Crippen LogP contribution >= 0.6 is 0 Å². The fraction of sp³-hybridized carbons (Fsp3) is 0.700. The lowest BCUT2D eigenvalue weighted by Gasteiger charge is -2.17. The van der Waals surface area contributed by atoms with E-state index in [0.29, 0.717) is 0 Å². The van der Waals surface area contributed by atoms with E-state index in [-0.39, 0.29) is 5.41 Å². The molecule has 1 rings (SSSR count). The Labute approximate surface area is 68.7 Å². The van der Waals surface area contributed by atoms with Crippen LogP contribution in [0.4, 0.5) is 0 Å². The first-order valence-electron chi connectivity index (χ1n) is 4.23. The molecule has 0 saturated heterocycles. The fourth-order valence-corrected chi connectivity index (χ4v) is 1.45. The molecule has 0 heterocycles. The summed E-state index contributed by atoms with van der Waals surface area (Å²) in [7, 11) is 0. The maximum atomic E-state index is 8.89. The molecule has 0 aliphatic heterocycles. The minimum Gasteiger partial charge on any atom is -0.198 e. The number of nitriles is 1. The molecule has 1 unspecified atom stereocenters. The van der Waals surface area contributed by atoms with Gasteiger partial charge in [-0.2, -0.15) is 5.26 Å². The highest BCUT2D eigenvalue weighted by Crippen LogP contribution is 2.32. The Bertz CT molecular complexity index is 209. The van der Waals surface area contributed by atoms with Crippen LogP contribution in [0.25, 0.3) is 0 Å². The van der Waals surface area contributed by atoms with E-state index >= 15 is 0 Å². The molecule has 0 aromatic heterocycles. The predicted octanol–water partition coefficient (Wildman–Crippen LogP) is 3.04. The monoisotopic (exact) mass is 149 g/mol. The molecule has 0 amide bonds. The van der Waals surface area contributed by atoms with E-state index in [9.17, 15) is 0 Å². The van der Waals surface area contributed by atoms with Crippen molar-refractivity contribution in [2.75, 3.05) is 0 Å². The molecule has 1 heteroatoms. The molecule has 1 atom stereocenters. The molecule has 11 heavy (non-hydrogen) atoms. The Morgan fingerprint density at radius 3 is 2.91 bits per heavy atom. The van der Waals surface area contributed by atoms with Gasteiger partial charge in [0.1, 0.15) is 0 Å². The minimum atomic E-state index is -0.0612. The van der Waals surface area contributed by atoms with Gasteiger partial charge >= 0.3 is 0 Å². The van der Waals surface area contributed by atoms with E-state index in [0.717, 1.165) is 25.7 Å². The van der Waals surface area contributed by atoms with Crippen LogP contribution in [0.15, 0.2) is 11.6 Å². The molecule has 0 fully saturated rings. The van der Waals surface area contributed by atoms with Gasteiger partial charge in [-0.05, 0) is 39.5 Å². The van der Waals surface area contributed by atoms with Crippen molar-refractivity contribution in [3.05, 3.63) is 11.6 Å². The van der Waals surface area contributed by atoms with E-state index < -0.39 is 0 Å². The van der Waals surface area contributed by atoms with E-state index in [2.05, 4.69) is 26.0 Å². The third-order valence-corrected chi connectivity index (χ3v) is 2.53. The molecule has 0 bridgehead atoms. The van der Waals surface area contributed by atoms with Crippen molar-refractivity contribution in [3.8, 4) is 6.07 Å². The van der Waals surface area contributed by atoms with Crippen molar-refractivity contribution in [3.63, 3.8) is 0 Å². The SMILES string of the molecule is CC1=CCCC(C)(C#N)CC1. The quantitative estimate of drug-likeness (QED) is 0.486. The highest BCUT2D eigenvalue weighted by atomic mass is 14.4. The lowest BCUT2D eigenvalue weighted by atomic mass is 9.84. The molecule has 0 spiro atoms. The Morgan fingerprint density at radius 1 is 1.55 bits per heavy atom. The summed E-state index contributed by atoms with van der Waals surface area (Å²) in [6.07, 6.45) is 6.51. The molecule has 1 aliphatic rings. The zero-order valence-electron chi connectivity index (χ0n) is 7.35. The van der Waals surface area contributed by atoms with Gasteiger partial charge in [0.15, 0.2) is 0 Å². The summed E-state index contributed by atoms with van der Waals surface area (Å²) in [5, 5.41) is 8.89. The molecule has 1 aliphatic carbocycles. The lowest BCUT2D eigenvalue weighted by Crippen LogP contribution is -2.11. The van der Waals surface area contributed by atoms with Crippen LogP contribution in [-0.4, -0.2) is 0 Å². The highest BCUT2D eigenvalue weighted by molar-refractivity contribution is 5.07. The van der Waals surface area contributed by atoms with E-state index in [1.54, 1.807) is 0 Å². The van der Waals surface area contributed by atoms with E-state index in [1.165, 1.54) is 5.57 Å². The number of rotatable bonds is 0. The summed E-state index contributed by atoms with van der Waals surface area (Å²) in [6.45, 7) is 4.22. The standard InChI is InChI=1S/C10H15N/c1-9-4-3-6-10(2,8-11)7-5-9/h4H,3,5-7H2,1-2H3. The van der Waals surface area contributed by atoms with Crippen LogP contribution in [-0.2, 0) is 0 Å². The van der Waals surface area contributed by atoms with Crippen molar-refractivity contribution in [1.82, 2.24) is 0 Å². The minimum absolute atomic E-state index is 0.0612. The zero-order valence-corrected chi connectivity index (χ0v) is 7.35. The van der Waals surface area contributed by atoms with Crippen molar-refractivity contribution < 1.29 is 0 Å². The molecule has 0 aromatic rings. The second-order valence-electron chi connectivity index (χ2n) is 3.76. The van der Waals surface area contributed by atoms with E-state index in [1.807, 2.05) is 0 Å². The first kappa shape index (κ1) is 8.33. The Balaban J connectivity index is 2.62. The maximum Gasteiger partial charge on any atom is 0.0687 e. The molecular formula is C10H15N. The Hall–Kier alpha value is -0.770. The third kappa shape index (κ3) is 2.08. The van der Waals surface area contributed by atoms with Crippen LogP contribution in [0.5, 0.6) is 0 Å². The van der Waals surface area contributed by atoms with Crippen molar-refractivity contribution in [2.45, 2.75) is 39.5 Å². The van der Waals surface area contributed by atoms with Gasteiger partial charge < -0.3 is 0 Å². The number of allylic oxidation sites excluding steroid dienone is 2. The molecule has 0 N–H and O–H groups in total. The van der Waals surface area contributed by atoms with Gasteiger partial charge in [-0.3, -0.25) is 0 Å². The van der Waals surface area contributed by atoms with Gasteiger partial charge in [-0.1, -0.05) is 11.6 Å². The molecular weight excluding hydrogens is 134 g/mol. The van der Waals surface area contributed by atoms with E-state index in [4.69, 9.17) is 5.26 Å². The zero-order chi connectivity index (χ0) is 8.32. The number of nitrogens with zero attached hydrogens (tertiary/aromatic N) is 1. The van der Waals surface area contributed by atoms with Crippen LogP contribution in [0.1, 0.15) is 39.5 Å². The van der Waals surface area contributed by atoms with Gasteiger partial charge in [-0.15, -0.1) is 0 Å².